The Kier molecular flexibility index (Phi) is 7.05. The molecule has 1 aliphatic rings. The zero-order valence-corrected chi connectivity index (χ0v) is 17.3. The summed E-state index contributed by atoms with van der Waals surface area (Å²) in [7, 11) is 4.88. The summed E-state index contributed by atoms with van der Waals surface area (Å²) in [6, 6.07) is 13.7. The maximum absolute atomic E-state index is 12.5. The summed E-state index contributed by atoms with van der Waals surface area (Å²) in [6.07, 6.45) is 0.455. The summed E-state index contributed by atoms with van der Waals surface area (Å²) in [6.45, 7) is 3.72. The van der Waals surface area contributed by atoms with Gasteiger partial charge in [0, 0.05) is 56.6 Å². The number of piperazine rings is 1. The number of methoxy groups -OCH3 is 3. The predicted molar refractivity (Wildman–Crippen MR) is 114 cm³/mol. The van der Waals surface area contributed by atoms with Crippen LogP contribution in [-0.4, -0.2) is 64.9 Å². The predicted octanol–water partition coefficient (Wildman–Crippen LogP) is 2.86. The second-order valence-corrected chi connectivity index (χ2v) is 6.81. The number of carbonyl (C=O) groups excluding carboxylic acids is 1. The van der Waals surface area contributed by atoms with Crippen molar-refractivity contribution in [1.29, 1.82) is 0 Å². The Morgan fingerprint density at radius 1 is 0.897 bits per heavy atom. The first-order chi connectivity index (χ1) is 14.1. The Morgan fingerprint density at radius 3 is 2.21 bits per heavy atom. The van der Waals surface area contributed by atoms with E-state index in [0.717, 1.165) is 43.3 Å². The van der Waals surface area contributed by atoms with Crippen molar-refractivity contribution in [2.45, 2.75) is 6.42 Å². The molecule has 156 valence electrons. The fourth-order valence-electron chi connectivity index (χ4n) is 3.43. The lowest BCUT2D eigenvalue weighted by Crippen LogP contribution is -2.49. The number of amides is 1. The molecule has 1 saturated heterocycles. The number of benzene rings is 2. The van der Waals surface area contributed by atoms with E-state index in [1.807, 2.05) is 35.2 Å². The second kappa shape index (κ2) is 9.91. The third-order valence-electron chi connectivity index (χ3n) is 5.12. The summed E-state index contributed by atoms with van der Waals surface area (Å²) in [5, 5.41) is 3.28. The van der Waals surface area contributed by atoms with Crippen molar-refractivity contribution >= 4 is 17.3 Å². The summed E-state index contributed by atoms with van der Waals surface area (Å²) in [4.78, 5) is 16.8. The highest BCUT2D eigenvalue weighted by Gasteiger charge is 2.21. The van der Waals surface area contributed by atoms with E-state index in [1.165, 1.54) is 0 Å². The number of nitrogens with zero attached hydrogens (tertiary/aromatic N) is 2. The van der Waals surface area contributed by atoms with Gasteiger partial charge in [-0.1, -0.05) is 0 Å². The van der Waals surface area contributed by atoms with Crippen LogP contribution in [0.1, 0.15) is 6.42 Å². The van der Waals surface area contributed by atoms with Crippen LogP contribution in [-0.2, 0) is 4.79 Å². The van der Waals surface area contributed by atoms with Gasteiger partial charge in [0.15, 0.2) is 11.5 Å². The summed E-state index contributed by atoms with van der Waals surface area (Å²) in [5.41, 5.74) is 2.06. The van der Waals surface area contributed by atoms with Crippen molar-refractivity contribution in [2.24, 2.45) is 0 Å². The van der Waals surface area contributed by atoms with Crippen LogP contribution in [0, 0.1) is 0 Å². The first-order valence-electron chi connectivity index (χ1n) is 9.77. The van der Waals surface area contributed by atoms with Gasteiger partial charge in [-0.05, 0) is 36.4 Å². The molecule has 1 aliphatic heterocycles. The lowest BCUT2D eigenvalue weighted by atomic mass is 10.2. The van der Waals surface area contributed by atoms with Crippen LogP contribution in [0.5, 0.6) is 17.2 Å². The third-order valence-corrected chi connectivity index (χ3v) is 5.12. The van der Waals surface area contributed by atoms with E-state index in [-0.39, 0.29) is 5.91 Å². The Morgan fingerprint density at radius 2 is 1.59 bits per heavy atom. The van der Waals surface area contributed by atoms with E-state index in [0.29, 0.717) is 24.5 Å². The van der Waals surface area contributed by atoms with E-state index in [9.17, 15) is 4.79 Å². The monoisotopic (exact) mass is 399 g/mol. The quantitative estimate of drug-likeness (QED) is 0.737. The lowest BCUT2D eigenvalue weighted by Gasteiger charge is -2.36. The van der Waals surface area contributed by atoms with E-state index >= 15 is 0 Å². The minimum absolute atomic E-state index is 0.173. The third kappa shape index (κ3) is 5.25. The van der Waals surface area contributed by atoms with Crippen LogP contribution >= 0.6 is 0 Å². The lowest BCUT2D eigenvalue weighted by molar-refractivity contribution is -0.131. The van der Waals surface area contributed by atoms with Crippen molar-refractivity contribution in [2.75, 3.05) is 64.3 Å². The van der Waals surface area contributed by atoms with Crippen molar-refractivity contribution in [3.63, 3.8) is 0 Å². The molecule has 0 radical (unpaired) electrons. The molecule has 0 unspecified atom stereocenters. The molecule has 0 spiro atoms. The normalized spacial score (nSPS) is 13.8. The molecule has 1 fully saturated rings. The van der Waals surface area contributed by atoms with Gasteiger partial charge in [0.2, 0.25) is 5.91 Å². The minimum Gasteiger partial charge on any atom is -0.497 e. The number of hydrogen-bond acceptors (Lipinski definition) is 6. The van der Waals surface area contributed by atoms with Crippen LogP contribution in [0.2, 0.25) is 0 Å². The average Bonchev–Trinajstić information content (AvgIpc) is 2.79. The topological polar surface area (TPSA) is 63.3 Å². The standard InChI is InChI=1S/C22H29N3O4/c1-27-19-7-5-18(6-8-19)24-12-14-25(15-13-24)22(26)10-11-23-17-4-9-20(28-2)21(16-17)29-3/h4-9,16,23H,10-15H2,1-3H3. The number of nitrogens with one attached hydrogen (secondary N) is 1. The Balaban J connectivity index is 1.44. The highest BCUT2D eigenvalue weighted by Crippen LogP contribution is 2.29. The SMILES string of the molecule is COc1ccc(N2CCN(C(=O)CCNc3ccc(OC)c(OC)c3)CC2)cc1. The fraction of sp³-hybridized carbons (Fsp3) is 0.409. The van der Waals surface area contributed by atoms with Crippen LogP contribution in [0.25, 0.3) is 0 Å². The maximum Gasteiger partial charge on any atom is 0.224 e. The molecule has 0 bridgehead atoms. The maximum atomic E-state index is 12.5. The smallest absolute Gasteiger partial charge is 0.224 e. The largest absolute Gasteiger partial charge is 0.497 e. The number of anilines is 2. The van der Waals surface area contributed by atoms with Gasteiger partial charge in [-0.25, -0.2) is 0 Å². The molecular weight excluding hydrogens is 370 g/mol. The summed E-state index contributed by atoms with van der Waals surface area (Å²) >= 11 is 0. The molecule has 7 nitrogen and oxygen atoms in total. The van der Waals surface area contributed by atoms with Gasteiger partial charge in [0.05, 0.1) is 21.3 Å². The number of hydrogen-bond donors (Lipinski definition) is 1. The first-order valence-corrected chi connectivity index (χ1v) is 9.77. The molecular formula is C22H29N3O4. The molecule has 29 heavy (non-hydrogen) atoms. The van der Waals surface area contributed by atoms with Gasteiger partial charge in [-0.3, -0.25) is 4.79 Å². The molecule has 0 saturated carbocycles. The molecule has 1 N–H and O–H groups in total. The minimum atomic E-state index is 0.173. The van der Waals surface area contributed by atoms with E-state index < -0.39 is 0 Å². The molecule has 2 aromatic rings. The zero-order chi connectivity index (χ0) is 20.6. The summed E-state index contributed by atoms with van der Waals surface area (Å²) < 4.78 is 15.8. The van der Waals surface area contributed by atoms with Gasteiger partial charge in [-0.15, -0.1) is 0 Å². The van der Waals surface area contributed by atoms with Gasteiger partial charge in [0.1, 0.15) is 5.75 Å². The number of rotatable bonds is 8. The van der Waals surface area contributed by atoms with Crippen LogP contribution < -0.4 is 24.4 Å². The van der Waals surface area contributed by atoms with Crippen molar-refractivity contribution in [1.82, 2.24) is 4.90 Å². The van der Waals surface area contributed by atoms with Crippen LogP contribution in [0.4, 0.5) is 11.4 Å². The number of ether oxygens (including phenoxy) is 3. The highest BCUT2D eigenvalue weighted by atomic mass is 16.5. The average molecular weight is 399 g/mol. The van der Waals surface area contributed by atoms with Gasteiger partial charge in [-0.2, -0.15) is 0 Å². The Bertz CT molecular complexity index is 802. The van der Waals surface area contributed by atoms with Gasteiger partial charge < -0.3 is 29.3 Å². The Labute approximate surface area is 172 Å². The number of carbonyl (C=O) groups is 1. The fourth-order valence-corrected chi connectivity index (χ4v) is 3.43. The Hall–Kier alpha value is -3.09. The molecule has 1 heterocycles. The molecule has 7 heteroatoms. The van der Waals surface area contributed by atoms with E-state index in [4.69, 9.17) is 14.2 Å². The van der Waals surface area contributed by atoms with Crippen molar-refractivity contribution in [3.05, 3.63) is 42.5 Å². The van der Waals surface area contributed by atoms with Crippen molar-refractivity contribution in [3.8, 4) is 17.2 Å². The second-order valence-electron chi connectivity index (χ2n) is 6.81. The molecule has 0 aliphatic carbocycles. The zero-order valence-electron chi connectivity index (χ0n) is 17.3. The molecule has 2 aromatic carbocycles. The van der Waals surface area contributed by atoms with E-state index in [1.54, 1.807) is 21.3 Å². The summed E-state index contributed by atoms with van der Waals surface area (Å²) in [5.74, 6) is 2.37. The van der Waals surface area contributed by atoms with Crippen LogP contribution in [0.15, 0.2) is 42.5 Å². The van der Waals surface area contributed by atoms with Crippen LogP contribution in [0.3, 0.4) is 0 Å². The van der Waals surface area contributed by atoms with Gasteiger partial charge >= 0.3 is 0 Å². The van der Waals surface area contributed by atoms with E-state index in [2.05, 4.69) is 22.3 Å². The molecule has 0 atom stereocenters. The molecule has 0 aromatic heterocycles. The van der Waals surface area contributed by atoms with Crippen molar-refractivity contribution < 1.29 is 19.0 Å². The highest BCUT2D eigenvalue weighted by molar-refractivity contribution is 5.77. The molecule has 3 rings (SSSR count). The van der Waals surface area contributed by atoms with Gasteiger partial charge in [0.25, 0.3) is 0 Å². The first kappa shape index (κ1) is 20.6. The molecule has 1 amide bonds.